The summed E-state index contributed by atoms with van der Waals surface area (Å²) in [6, 6.07) is 10.8. The lowest BCUT2D eigenvalue weighted by atomic mass is 10.2. The Labute approximate surface area is 150 Å². The summed E-state index contributed by atoms with van der Waals surface area (Å²) in [5.41, 5.74) is 1.83. The number of hydrogen-bond acceptors (Lipinski definition) is 0. The Bertz CT molecular complexity index is 679. The zero-order valence-corrected chi connectivity index (χ0v) is 14.5. The average molecular weight is 370 g/mol. The minimum Gasteiger partial charge on any atom is -0.0843 e. The molecular weight excluding hydrogens is 358 g/mol. The second kappa shape index (κ2) is 8.45. The van der Waals surface area contributed by atoms with Gasteiger partial charge in [0, 0.05) is 20.1 Å². The molecule has 0 spiro atoms. The quantitative estimate of drug-likeness (QED) is 0.487. The molecule has 0 radical (unpaired) electrons. The maximum absolute atomic E-state index is 6.08. The third-order valence-corrected chi connectivity index (χ3v) is 3.93. The highest BCUT2D eigenvalue weighted by Gasteiger charge is 1.97. The standard InChI is InChI=1S/C18H12Cl4/c19-15-9-7-13(17(21)11-15)5-3-1-2-4-6-14-8-10-16(20)12-18(14)22/h1-12H/b2-1+,5-3+,6-4+. The first-order chi connectivity index (χ1) is 10.6. The van der Waals surface area contributed by atoms with Crippen LogP contribution in [-0.4, -0.2) is 0 Å². The maximum atomic E-state index is 6.08. The molecule has 0 aliphatic rings. The lowest BCUT2D eigenvalue weighted by Crippen LogP contribution is -1.74. The van der Waals surface area contributed by atoms with E-state index in [2.05, 4.69) is 0 Å². The molecule has 2 aromatic rings. The molecule has 0 amide bonds. The van der Waals surface area contributed by atoms with Gasteiger partial charge in [-0.2, -0.15) is 0 Å². The third kappa shape index (κ3) is 5.23. The van der Waals surface area contributed by atoms with Crippen molar-refractivity contribution in [3.63, 3.8) is 0 Å². The second-order valence-electron chi connectivity index (χ2n) is 4.43. The fourth-order valence-corrected chi connectivity index (χ4v) is 2.66. The molecular formula is C18H12Cl4. The van der Waals surface area contributed by atoms with E-state index in [1.54, 1.807) is 24.3 Å². The first-order valence-electron chi connectivity index (χ1n) is 6.48. The van der Waals surface area contributed by atoms with E-state index in [1.807, 2.05) is 48.6 Å². The van der Waals surface area contributed by atoms with E-state index in [-0.39, 0.29) is 0 Å². The summed E-state index contributed by atoms with van der Waals surface area (Å²) < 4.78 is 0. The van der Waals surface area contributed by atoms with E-state index in [0.29, 0.717) is 20.1 Å². The Morgan fingerprint density at radius 1 is 0.545 bits per heavy atom. The van der Waals surface area contributed by atoms with Crippen molar-refractivity contribution in [3.8, 4) is 0 Å². The van der Waals surface area contributed by atoms with E-state index in [1.165, 1.54) is 0 Å². The predicted molar refractivity (Wildman–Crippen MR) is 100 cm³/mol. The molecule has 0 aliphatic carbocycles. The predicted octanol–water partition coefficient (Wildman–Crippen LogP) is 7.58. The minimum atomic E-state index is 0.625. The summed E-state index contributed by atoms with van der Waals surface area (Å²) in [6.07, 6.45) is 11.5. The first kappa shape index (κ1) is 17.2. The molecule has 4 heteroatoms. The van der Waals surface area contributed by atoms with Crippen LogP contribution < -0.4 is 0 Å². The summed E-state index contributed by atoms with van der Waals surface area (Å²) in [6.45, 7) is 0. The SMILES string of the molecule is Clc1ccc(/C=C/C=C/C=C/c2ccc(Cl)cc2Cl)c(Cl)c1. The van der Waals surface area contributed by atoms with Crippen molar-refractivity contribution in [2.45, 2.75) is 0 Å². The van der Waals surface area contributed by atoms with Crippen LogP contribution in [0.3, 0.4) is 0 Å². The van der Waals surface area contributed by atoms with Crippen LogP contribution in [0.2, 0.25) is 20.1 Å². The van der Waals surface area contributed by atoms with Gasteiger partial charge in [-0.1, -0.05) is 95.0 Å². The van der Waals surface area contributed by atoms with Gasteiger partial charge in [-0.25, -0.2) is 0 Å². The molecule has 112 valence electrons. The Morgan fingerprint density at radius 3 is 1.32 bits per heavy atom. The number of benzene rings is 2. The number of hydrogen-bond donors (Lipinski definition) is 0. The van der Waals surface area contributed by atoms with Gasteiger partial charge in [0.2, 0.25) is 0 Å². The number of rotatable bonds is 4. The zero-order valence-electron chi connectivity index (χ0n) is 11.4. The Hall–Kier alpha value is -1.18. The van der Waals surface area contributed by atoms with Gasteiger partial charge in [0.1, 0.15) is 0 Å². The normalized spacial score (nSPS) is 12.0. The smallest absolute Gasteiger partial charge is 0.0493 e. The highest BCUT2D eigenvalue weighted by atomic mass is 35.5. The molecule has 0 N–H and O–H groups in total. The van der Waals surface area contributed by atoms with E-state index in [9.17, 15) is 0 Å². The van der Waals surface area contributed by atoms with Crippen LogP contribution in [0, 0.1) is 0 Å². The van der Waals surface area contributed by atoms with Crippen LogP contribution in [0.4, 0.5) is 0 Å². The summed E-state index contributed by atoms with van der Waals surface area (Å²) >= 11 is 23.9. The lowest BCUT2D eigenvalue weighted by molar-refractivity contribution is 1.65. The van der Waals surface area contributed by atoms with Crippen molar-refractivity contribution in [2.75, 3.05) is 0 Å². The van der Waals surface area contributed by atoms with Crippen LogP contribution in [0.15, 0.2) is 60.7 Å². The van der Waals surface area contributed by atoms with Crippen molar-refractivity contribution in [2.24, 2.45) is 0 Å². The van der Waals surface area contributed by atoms with E-state index in [4.69, 9.17) is 46.4 Å². The van der Waals surface area contributed by atoms with Crippen molar-refractivity contribution in [3.05, 3.63) is 91.9 Å². The molecule has 0 nitrogen and oxygen atoms in total. The van der Waals surface area contributed by atoms with Gasteiger partial charge in [-0.05, 0) is 35.4 Å². The van der Waals surface area contributed by atoms with Gasteiger partial charge >= 0.3 is 0 Å². The molecule has 0 saturated carbocycles. The van der Waals surface area contributed by atoms with E-state index in [0.717, 1.165) is 11.1 Å². The van der Waals surface area contributed by atoms with Crippen molar-refractivity contribution < 1.29 is 0 Å². The highest BCUT2D eigenvalue weighted by Crippen LogP contribution is 2.23. The Morgan fingerprint density at radius 2 is 0.955 bits per heavy atom. The molecule has 0 atom stereocenters. The van der Waals surface area contributed by atoms with Crippen LogP contribution in [-0.2, 0) is 0 Å². The summed E-state index contributed by atoms with van der Waals surface area (Å²) in [7, 11) is 0. The molecule has 0 bridgehead atoms. The molecule has 0 aliphatic heterocycles. The van der Waals surface area contributed by atoms with Crippen LogP contribution >= 0.6 is 46.4 Å². The fourth-order valence-electron chi connectivity index (χ4n) is 1.72. The van der Waals surface area contributed by atoms with Crippen molar-refractivity contribution >= 4 is 58.6 Å². The topological polar surface area (TPSA) is 0 Å². The summed E-state index contributed by atoms with van der Waals surface area (Å²) in [4.78, 5) is 0. The van der Waals surface area contributed by atoms with Gasteiger partial charge in [-0.15, -0.1) is 0 Å². The molecule has 0 fully saturated rings. The number of allylic oxidation sites excluding steroid dienone is 4. The molecule has 0 saturated heterocycles. The first-order valence-corrected chi connectivity index (χ1v) is 7.99. The molecule has 22 heavy (non-hydrogen) atoms. The van der Waals surface area contributed by atoms with Gasteiger partial charge < -0.3 is 0 Å². The molecule has 0 heterocycles. The molecule has 0 aromatic heterocycles. The van der Waals surface area contributed by atoms with E-state index >= 15 is 0 Å². The van der Waals surface area contributed by atoms with Crippen LogP contribution in [0.25, 0.3) is 12.2 Å². The monoisotopic (exact) mass is 368 g/mol. The summed E-state index contributed by atoms with van der Waals surface area (Å²) in [5, 5.41) is 2.50. The largest absolute Gasteiger partial charge is 0.0843 e. The zero-order chi connectivity index (χ0) is 15.9. The number of halogens is 4. The molecule has 2 aromatic carbocycles. The van der Waals surface area contributed by atoms with Crippen LogP contribution in [0.5, 0.6) is 0 Å². The lowest BCUT2D eigenvalue weighted by Gasteiger charge is -1.97. The minimum absolute atomic E-state index is 0.625. The Balaban J connectivity index is 1.97. The van der Waals surface area contributed by atoms with Gasteiger partial charge in [-0.3, -0.25) is 0 Å². The van der Waals surface area contributed by atoms with Crippen molar-refractivity contribution in [1.82, 2.24) is 0 Å². The Kier molecular flexibility index (Phi) is 6.60. The summed E-state index contributed by atoms with van der Waals surface area (Å²) in [5.74, 6) is 0. The molecule has 0 unspecified atom stereocenters. The van der Waals surface area contributed by atoms with E-state index < -0.39 is 0 Å². The fraction of sp³-hybridized carbons (Fsp3) is 0. The maximum Gasteiger partial charge on any atom is 0.0493 e. The highest BCUT2D eigenvalue weighted by molar-refractivity contribution is 6.36. The van der Waals surface area contributed by atoms with Crippen molar-refractivity contribution in [1.29, 1.82) is 0 Å². The van der Waals surface area contributed by atoms with Gasteiger partial charge in [0.15, 0.2) is 0 Å². The van der Waals surface area contributed by atoms with Gasteiger partial charge in [0.05, 0.1) is 0 Å². The second-order valence-corrected chi connectivity index (χ2v) is 6.12. The third-order valence-electron chi connectivity index (χ3n) is 2.81. The van der Waals surface area contributed by atoms with Gasteiger partial charge in [0.25, 0.3) is 0 Å². The average Bonchev–Trinajstić information content (AvgIpc) is 2.46. The molecule has 2 rings (SSSR count). The van der Waals surface area contributed by atoms with Crippen LogP contribution in [0.1, 0.15) is 11.1 Å².